The van der Waals surface area contributed by atoms with Crippen LogP contribution in [0, 0.1) is 17.2 Å². The quantitative estimate of drug-likeness (QED) is 0.819. The van der Waals surface area contributed by atoms with Gasteiger partial charge in [0.25, 0.3) is 0 Å². The largest absolute Gasteiger partial charge is 0.352 e. The average Bonchev–Trinajstić information content (AvgIpc) is 2.77. The summed E-state index contributed by atoms with van der Waals surface area (Å²) in [6, 6.07) is 19.0. The predicted octanol–water partition coefficient (Wildman–Crippen LogP) is 3.13. The normalized spacial score (nSPS) is 14.6. The van der Waals surface area contributed by atoms with E-state index in [1.165, 1.54) is 0 Å². The maximum Gasteiger partial charge on any atom is 0.246 e. The molecule has 28 heavy (non-hydrogen) atoms. The lowest BCUT2D eigenvalue weighted by Crippen LogP contribution is -2.42. The van der Waals surface area contributed by atoms with Crippen LogP contribution >= 0.6 is 0 Å². The van der Waals surface area contributed by atoms with E-state index in [-0.39, 0.29) is 17.7 Å². The van der Waals surface area contributed by atoms with Crippen molar-refractivity contribution in [2.24, 2.45) is 5.92 Å². The Labute approximate surface area is 165 Å². The van der Waals surface area contributed by atoms with Gasteiger partial charge in [0.15, 0.2) is 0 Å². The molecule has 0 radical (unpaired) electrons. The third-order valence-corrected chi connectivity index (χ3v) is 4.95. The molecule has 1 fully saturated rings. The molecule has 0 aromatic heterocycles. The molecule has 1 aliphatic rings. The van der Waals surface area contributed by atoms with Crippen LogP contribution in [0.2, 0.25) is 0 Å². The Morgan fingerprint density at radius 2 is 1.75 bits per heavy atom. The number of benzene rings is 2. The van der Waals surface area contributed by atoms with Crippen molar-refractivity contribution in [3.05, 3.63) is 77.4 Å². The minimum absolute atomic E-state index is 0.0460. The lowest BCUT2D eigenvalue weighted by Gasteiger charge is -2.30. The molecule has 2 aromatic carbocycles. The van der Waals surface area contributed by atoms with Crippen molar-refractivity contribution >= 4 is 17.9 Å². The molecule has 2 amide bonds. The first-order valence-corrected chi connectivity index (χ1v) is 9.44. The summed E-state index contributed by atoms with van der Waals surface area (Å²) in [7, 11) is 0. The summed E-state index contributed by atoms with van der Waals surface area (Å²) in [6.07, 6.45) is 4.66. The highest BCUT2D eigenvalue weighted by Gasteiger charge is 2.26. The first-order valence-electron chi connectivity index (χ1n) is 9.44. The molecule has 0 saturated carbocycles. The highest BCUT2D eigenvalue weighted by Crippen LogP contribution is 2.18. The van der Waals surface area contributed by atoms with E-state index in [2.05, 4.69) is 11.4 Å². The van der Waals surface area contributed by atoms with Crippen LogP contribution in [0.25, 0.3) is 6.08 Å². The molecule has 1 heterocycles. The number of carbonyl (C=O) groups excluding carboxylic acids is 2. The first kappa shape index (κ1) is 19.4. The molecule has 142 valence electrons. The van der Waals surface area contributed by atoms with Crippen molar-refractivity contribution in [1.82, 2.24) is 10.2 Å². The topological polar surface area (TPSA) is 73.2 Å². The highest BCUT2D eigenvalue weighted by molar-refractivity contribution is 5.92. The number of hydrogen-bond donors (Lipinski definition) is 1. The van der Waals surface area contributed by atoms with Crippen LogP contribution in [0.15, 0.2) is 60.7 Å². The molecule has 2 aromatic rings. The molecule has 1 N–H and O–H groups in total. The number of amides is 2. The molecule has 0 unspecified atom stereocenters. The lowest BCUT2D eigenvalue weighted by atomic mass is 9.95. The van der Waals surface area contributed by atoms with E-state index < -0.39 is 0 Å². The molecular formula is C23H23N3O2. The first-order chi connectivity index (χ1) is 13.7. The Morgan fingerprint density at radius 3 is 2.39 bits per heavy atom. The van der Waals surface area contributed by atoms with Gasteiger partial charge in [0.2, 0.25) is 11.8 Å². The smallest absolute Gasteiger partial charge is 0.246 e. The van der Waals surface area contributed by atoms with Crippen LogP contribution in [0.3, 0.4) is 0 Å². The summed E-state index contributed by atoms with van der Waals surface area (Å²) in [5, 5.41) is 11.8. The van der Waals surface area contributed by atoms with E-state index in [1.54, 1.807) is 29.2 Å². The number of nitrogens with zero attached hydrogens (tertiary/aromatic N) is 2. The van der Waals surface area contributed by atoms with Gasteiger partial charge >= 0.3 is 0 Å². The van der Waals surface area contributed by atoms with Crippen LogP contribution < -0.4 is 5.32 Å². The van der Waals surface area contributed by atoms with Crippen molar-refractivity contribution in [1.29, 1.82) is 5.26 Å². The van der Waals surface area contributed by atoms with E-state index in [4.69, 9.17) is 5.26 Å². The SMILES string of the molecule is N#Cc1ccc(/C=C/C(=O)N2CCC(C(=O)NCc3ccccc3)CC2)cc1. The summed E-state index contributed by atoms with van der Waals surface area (Å²) in [5.74, 6) is -0.0353. The van der Waals surface area contributed by atoms with Crippen molar-refractivity contribution in [3.8, 4) is 6.07 Å². The van der Waals surface area contributed by atoms with Gasteiger partial charge in [-0.15, -0.1) is 0 Å². The molecule has 5 heteroatoms. The number of hydrogen-bond acceptors (Lipinski definition) is 3. The van der Waals surface area contributed by atoms with Gasteiger partial charge in [-0.2, -0.15) is 5.26 Å². The second kappa shape index (κ2) is 9.52. The fourth-order valence-corrected chi connectivity index (χ4v) is 3.23. The van der Waals surface area contributed by atoms with Crippen molar-refractivity contribution in [3.63, 3.8) is 0 Å². The zero-order chi connectivity index (χ0) is 19.8. The Hall–Kier alpha value is -3.39. The molecule has 1 saturated heterocycles. The Bertz CT molecular complexity index is 874. The summed E-state index contributed by atoms with van der Waals surface area (Å²) >= 11 is 0. The monoisotopic (exact) mass is 373 g/mol. The van der Waals surface area contributed by atoms with E-state index in [0.29, 0.717) is 38.0 Å². The predicted molar refractivity (Wildman–Crippen MR) is 108 cm³/mol. The van der Waals surface area contributed by atoms with E-state index in [9.17, 15) is 9.59 Å². The third-order valence-electron chi connectivity index (χ3n) is 4.95. The summed E-state index contributed by atoms with van der Waals surface area (Å²) < 4.78 is 0. The van der Waals surface area contributed by atoms with Crippen molar-refractivity contribution in [2.45, 2.75) is 19.4 Å². The van der Waals surface area contributed by atoms with Crippen LogP contribution in [0.5, 0.6) is 0 Å². The lowest BCUT2D eigenvalue weighted by molar-refractivity contribution is -0.132. The molecule has 0 aliphatic carbocycles. The summed E-state index contributed by atoms with van der Waals surface area (Å²) in [4.78, 5) is 26.5. The van der Waals surface area contributed by atoms with Crippen molar-refractivity contribution in [2.75, 3.05) is 13.1 Å². The minimum atomic E-state index is -0.0486. The number of nitrogens with one attached hydrogen (secondary N) is 1. The van der Waals surface area contributed by atoms with Gasteiger partial charge in [-0.1, -0.05) is 42.5 Å². The van der Waals surface area contributed by atoms with E-state index in [0.717, 1.165) is 11.1 Å². The van der Waals surface area contributed by atoms with Crippen molar-refractivity contribution < 1.29 is 9.59 Å². The maximum atomic E-state index is 12.4. The summed E-state index contributed by atoms with van der Waals surface area (Å²) in [5.41, 5.74) is 2.55. The van der Waals surface area contributed by atoms with Gasteiger partial charge in [0.1, 0.15) is 0 Å². The zero-order valence-electron chi connectivity index (χ0n) is 15.7. The molecular weight excluding hydrogens is 350 g/mol. The fourth-order valence-electron chi connectivity index (χ4n) is 3.23. The number of rotatable bonds is 5. The highest BCUT2D eigenvalue weighted by atomic mass is 16.2. The third kappa shape index (κ3) is 5.31. The molecule has 0 spiro atoms. The molecule has 0 bridgehead atoms. The standard InChI is InChI=1S/C23H23N3O2/c24-16-19-8-6-18(7-9-19)10-11-22(27)26-14-12-21(13-15-26)23(28)25-17-20-4-2-1-3-5-20/h1-11,21H,12-15,17H2,(H,25,28)/b11-10+. The second-order valence-corrected chi connectivity index (χ2v) is 6.87. The number of likely N-dealkylation sites (tertiary alicyclic amines) is 1. The molecule has 3 rings (SSSR count). The van der Waals surface area contributed by atoms with E-state index in [1.807, 2.05) is 42.5 Å². The average molecular weight is 373 g/mol. The van der Waals surface area contributed by atoms with Crippen LogP contribution in [0.4, 0.5) is 0 Å². The van der Waals surface area contributed by atoms with Gasteiger partial charge < -0.3 is 10.2 Å². The van der Waals surface area contributed by atoms with E-state index >= 15 is 0 Å². The fraction of sp³-hybridized carbons (Fsp3) is 0.261. The molecule has 1 aliphatic heterocycles. The van der Waals surface area contributed by atoms with Gasteiger partial charge in [-0.25, -0.2) is 0 Å². The number of piperidine rings is 1. The number of carbonyl (C=O) groups is 2. The molecule has 0 atom stereocenters. The van der Waals surface area contributed by atoms with Gasteiger partial charge in [0.05, 0.1) is 11.6 Å². The summed E-state index contributed by atoms with van der Waals surface area (Å²) in [6.45, 7) is 1.70. The second-order valence-electron chi connectivity index (χ2n) is 6.87. The minimum Gasteiger partial charge on any atom is -0.352 e. The van der Waals surface area contributed by atoms with Crippen LogP contribution in [-0.2, 0) is 16.1 Å². The maximum absolute atomic E-state index is 12.4. The van der Waals surface area contributed by atoms with Gasteiger partial charge in [0, 0.05) is 31.6 Å². The van der Waals surface area contributed by atoms with Crippen LogP contribution in [0.1, 0.15) is 29.5 Å². The number of nitriles is 1. The Morgan fingerprint density at radius 1 is 1.07 bits per heavy atom. The van der Waals surface area contributed by atoms with Gasteiger partial charge in [-0.3, -0.25) is 9.59 Å². The van der Waals surface area contributed by atoms with Gasteiger partial charge in [-0.05, 0) is 42.2 Å². The van der Waals surface area contributed by atoms with Crippen LogP contribution in [-0.4, -0.2) is 29.8 Å². The Kier molecular flexibility index (Phi) is 6.59. The zero-order valence-corrected chi connectivity index (χ0v) is 15.7. The molecule has 5 nitrogen and oxygen atoms in total. The Balaban J connectivity index is 1.44.